The van der Waals surface area contributed by atoms with E-state index in [9.17, 15) is 19.5 Å². The van der Waals surface area contributed by atoms with E-state index in [2.05, 4.69) is 0 Å². The maximum absolute atomic E-state index is 12.9. The number of hydrogen-bond donors (Lipinski definition) is 1. The van der Waals surface area contributed by atoms with E-state index in [0.717, 1.165) is 0 Å². The molecule has 0 amide bonds. The highest BCUT2D eigenvalue weighted by atomic mass is 16.5. The Bertz CT molecular complexity index is 1580. The van der Waals surface area contributed by atoms with Crippen LogP contribution in [0.25, 0.3) is 0 Å². The first-order chi connectivity index (χ1) is 18.5. The van der Waals surface area contributed by atoms with Crippen LogP contribution in [-0.4, -0.2) is 22.5 Å². The van der Waals surface area contributed by atoms with Gasteiger partial charge < -0.3 is 9.84 Å². The quantitative estimate of drug-likeness (QED) is 0.236. The van der Waals surface area contributed by atoms with Crippen LogP contribution in [0.15, 0.2) is 127 Å². The summed E-state index contributed by atoms with van der Waals surface area (Å²) in [7, 11) is 0. The Hall–Kier alpha value is -5.29. The van der Waals surface area contributed by atoms with Gasteiger partial charge in [0.15, 0.2) is 17.3 Å². The predicted molar refractivity (Wildman–Crippen MR) is 144 cm³/mol. The number of carbonyl (C=O) groups is 3. The van der Waals surface area contributed by atoms with E-state index >= 15 is 0 Å². The average Bonchev–Trinajstić information content (AvgIpc) is 2.98. The summed E-state index contributed by atoms with van der Waals surface area (Å²) >= 11 is 0. The largest absolute Gasteiger partial charge is 0.508 e. The fourth-order valence-electron chi connectivity index (χ4n) is 3.96. The topological polar surface area (TPSA) is 80.7 Å². The number of ketones is 3. The molecule has 184 valence electrons. The van der Waals surface area contributed by atoms with Crippen molar-refractivity contribution in [2.24, 2.45) is 0 Å². The second kappa shape index (κ2) is 10.8. The molecule has 0 saturated heterocycles. The first kappa shape index (κ1) is 24.4. The molecule has 0 saturated carbocycles. The van der Waals surface area contributed by atoms with Crippen molar-refractivity contribution in [3.05, 3.63) is 161 Å². The van der Waals surface area contributed by atoms with Crippen LogP contribution in [0, 0.1) is 0 Å². The van der Waals surface area contributed by atoms with E-state index in [1.165, 1.54) is 12.1 Å². The van der Waals surface area contributed by atoms with Crippen molar-refractivity contribution in [2.45, 2.75) is 0 Å². The summed E-state index contributed by atoms with van der Waals surface area (Å²) in [6.07, 6.45) is 0. The average molecular weight is 499 g/mol. The first-order valence-electron chi connectivity index (χ1n) is 11.9. The minimum Gasteiger partial charge on any atom is -0.508 e. The molecule has 1 N–H and O–H groups in total. The number of aromatic hydroxyl groups is 1. The summed E-state index contributed by atoms with van der Waals surface area (Å²) in [5.41, 5.74) is 3.08. The molecule has 0 atom stereocenters. The Morgan fingerprint density at radius 1 is 0.395 bits per heavy atom. The minimum absolute atomic E-state index is 0.0937. The fourth-order valence-corrected chi connectivity index (χ4v) is 3.96. The van der Waals surface area contributed by atoms with Gasteiger partial charge in [0.1, 0.15) is 17.2 Å². The summed E-state index contributed by atoms with van der Waals surface area (Å²) in [6.45, 7) is 0. The van der Waals surface area contributed by atoms with Crippen LogP contribution in [0.3, 0.4) is 0 Å². The van der Waals surface area contributed by atoms with Gasteiger partial charge in [0.25, 0.3) is 0 Å². The van der Waals surface area contributed by atoms with E-state index in [0.29, 0.717) is 44.9 Å². The Morgan fingerprint density at radius 3 is 1.05 bits per heavy atom. The molecule has 0 fully saturated rings. The van der Waals surface area contributed by atoms with Crippen molar-refractivity contribution in [1.29, 1.82) is 0 Å². The molecule has 38 heavy (non-hydrogen) atoms. The molecule has 0 aliphatic rings. The van der Waals surface area contributed by atoms with Gasteiger partial charge in [-0.2, -0.15) is 0 Å². The maximum atomic E-state index is 12.9. The third kappa shape index (κ3) is 5.42. The molecule has 5 nitrogen and oxygen atoms in total. The second-order valence-electron chi connectivity index (χ2n) is 8.63. The zero-order chi connectivity index (χ0) is 26.5. The van der Waals surface area contributed by atoms with Crippen molar-refractivity contribution < 1.29 is 24.2 Å². The normalized spacial score (nSPS) is 10.5. The Labute approximate surface area is 219 Å². The van der Waals surface area contributed by atoms with Crippen LogP contribution >= 0.6 is 0 Å². The van der Waals surface area contributed by atoms with Crippen LogP contribution in [-0.2, 0) is 0 Å². The molecule has 0 aromatic heterocycles. The van der Waals surface area contributed by atoms with Gasteiger partial charge in [-0.15, -0.1) is 0 Å². The Balaban J connectivity index is 1.22. The first-order valence-corrected chi connectivity index (χ1v) is 11.9. The number of benzene rings is 5. The zero-order valence-electron chi connectivity index (χ0n) is 20.2. The molecule has 0 unspecified atom stereocenters. The smallest absolute Gasteiger partial charge is 0.193 e. The van der Waals surface area contributed by atoms with Crippen molar-refractivity contribution in [3.63, 3.8) is 0 Å². The highest BCUT2D eigenvalue weighted by Gasteiger charge is 2.13. The monoisotopic (exact) mass is 498 g/mol. The van der Waals surface area contributed by atoms with Gasteiger partial charge in [0, 0.05) is 33.4 Å². The minimum atomic E-state index is -0.160. The van der Waals surface area contributed by atoms with Gasteiger partial charge in [-0.25, -0.2) is 0 Å². The number of ether oxygens (including phenoxy) is 1. The molecule has 0 heterocycles. The van der Waals surface area contributed by atoms with Crippen molar-refractivity contribution >= 4 is 17.3 Å². The third-order valence-electron chi connectivity index (χ3n) is 6.04. The fraction of sp³-hybridized carbons (Fsp3) is 0. The summed E-state index contributed by atoms with van der Waals surface area (Å²) < 4.78 is 5.87. The highest BCUT2D eigenvalue weighted by Crippen LogP contribution is 2.24. The molecule has 0 aliphatic heterocycles. The Morgan fingerprint density at radius 2 is 0.684 bits per heavy atom. The van der Waals surface area contributed by atoms with Crippen molar-refractivity contribution in [3.8, 4) is 17.2 Å². The van der Waals surface area contributed by atoms with Crippen LogP contribution in [0.2, 0.25) is 0 Å². The lowest BCUT2D eigenvalue weighted by atomic mass is 9.98. The van der Waals surface area contributed by atoms with Crippen LogP contribution < -0.4 is 4.74 Å². The van der Waals surface area contributed by atoms with Gasteiger partial charge in [0.2, 0.25) is 0 Å². The van der Waals surface area contributed by atoms with E-state index in [1.807, 2.05) is 18.2 Å². The van der Waals surface area contributed by atoms with Crippen LogP contribution in [0.1, 0.15) is 47.8 Å². The molecule has 0 spiro atoms. The van der Waals surface area contributed by atoms with Gasteiger partial charge in [0.05, 0.1) is 0 Å². The number of phenols is 1. The Kier molecular flexibility index (Phi) is 6.91. The molecule has 5 heteroatoms. The summed E-state index contributed by atoms with van der Waals surface area (Å²) in [4.78, 5) is 38.1. The number of carbonyl (C=O) groups excluding carboxylic acids is 3. The van der Waals surface area contributed by atoms with E-state index in [1.54, 1.807) is 97.1 Å². The van der Waals surface area contributed by atoms with E-state index in [4.69, 9.17) is 4.74 Å². The number of rotatable bonds is 8. The second-order valence-corrected chi connectivity index (χ2v) is 8.63. The third-order valence-corrected chi connectivity index (χ3v) is 6.04. The van der Waals surface area contributed by atoms with Crippen molar-refractivity contribution in [1.82, 2.24) is 0 Å². The SMILES string of the molecule is O=C(c1ccc(O)cc1)c1ccc(Oc2ccc(C(=O)c3ccc(C(=O)c4ccccc4)cc3)cc2)cc1. The lowest BCUT2D eigenvalue weighted by Crippen LogP contribution is -2.04. The molecule has 0 radical (unpaired) electrons. The van der Waals surface area contributed by atoms with Gasteiger partial charge in [-0.3, -0.25) is 14.4 Å². The van der Waals surface area contributed by atoms with Gasteiger partial charge in [-0.1, -0.05) is 54.6 Å². The lowest BCUT2D eigenvalue weighted by Gasteiger charge is -2.08. The van der Waals surface area contributed by atoms with E-state index < -0.39 is 0 Å². The molecule has 5 rings (SSSR count). The molecular formula is C33H22O5. The summed E-state index contributed by atoms with van der Waals surface area (Å²) in [5, 5.41) is 9.40. The summed E-state index contributed by atoms with van der Waals surface area (Å²) in [6, 6.07) is 35.3. The number of hydrogen-bond acceptors (Lipinski definition) is 5. The van der Waals surface area contributed by atoms with Gasteiger partial charge >= 0.3 is 0 Å². The molecule has 5 aromatic carbocycles. The van der Waals surface area contributed by atoms with Crippen LogP contribution in [0.4, 0.5) is 0 Å². The van der Waals surface area contributed by atoms with Crippen molar-refractivity contribution in [2.75, 3.05) is 0 Å². The van der Waals surface area contributed by atoms with Gasteiger partial charge in [-0.05, 0) is 72.8 Å². The predicted octanol–water partition coefficient (Wildman–Crippen LogP) is 6.88. The zero-order valence-corrected chi connectivity index (χ0v) is 20.2. The van der Waals surface area contributed by atoms with E-state index in [-0.39, 0.29) is 23.1 Å². The molecular weight excluding hydrogens is 476 g/mol. The molecule has 5 aromatic rings. The molecule has 0 aliphatic carbocycles. The standard InChI is InChI=1S/C33H22O5/c34-28-16-10-25(11-17-28)33(37)27-14-20-30(21-15-27)38-29-18-12-26(13-19-29)32(36)24-8-6-23(7-9-24)31(35)22-4-2-1-3-5-22/h1-21,34H. The maximum Gasteiger partial charge on any atom is 0.193 e. The molecule has 0 bridgehead atoms. The lowest BCUT2D eigenvalue weighted by molar-refractivity contribution is 0.102. The van der Waals surface area contributed by atoms with Crippen LogP contribution in [0.5, 0.6) is 17.2 Å². The number of phenolic OH excluding ortho intramolecular Hbond substituents is 1. The highest BCUT2D eigenvalue weighted by molar-refractivity contribution is 6.12. The summed E-state index contributed by atoms with van der Waals surface area (Å²) in [5.74, 6) is 0.785.